The minimum Gasteiger partial charge on any atom is -0.439 e. The van der Waals surface area contributed by atoms with Gasteiger partial charge in [0, 0.05) is 24.1 Å². The van der Waals surface area contributed by atoms with Gasteiger partial charge in [-0.3, -0.25) is 9.36 Å². The van der Waals surface area contributed by atoms with Gasteiger partial charge < -0.3 is 10.1 Å². The van der Waals surface area contributed by atoms with E-state index in [2.05, 4.69) is 20.3 Å². The fourth-order valence-corrected chi connectivity index (χ4v) is 2.90. The average molecular weight is 439 g/mol. The predicted octanol–water partition coefficient (Wildman–Crippen LogP) is 4.65. The number of nitrogens with zero attached hydrogens (tertiary/aromatic N) is 4. The molecule has 4 aromatic rings. The molecule has 0 radical (unpaired) electrons. The van der Waals surface area contributed by atoms with Crippen molar-refractivity contribution in [2.24, 2.45) is 0 Å². The minimum absolute atomic E-state index is 0.180. The molecule has 1 amide bonds. The van der Waals surface area contributed by atoms with Gasteiger partial charge in [-0.15, -0.1) is 0 Å². The van der Waals surface area contributed by atoms with E-state index in [0.717, 1.165) is 12.1 Å². The number of carbonyl (C=O) groups excluding carboxylic acids is 1. The van der Waals surface area contributed by atoms with Crippen molar-refractivity contribution in [1.29, 1.82) is 0 Å². The Morgan fingerprint density at radius 1 is 1.06 bits per heavy atom. The van der Waals surface area contributed by atoms with Gasteiger partial charge in [0.15, 0.2) is 0 Å². The lowest BCUT2D eigenvalue weighted by Crippen LogP contribution is -2.15. The lowest BCUT2D eigenvalue weighted by Gasteiger charge is -2.10. The van der Waals surface area contributed by atoms with Crippen molar-refractivity contribution in [2.45, 2.75) is 12.6 Å². The van der Waals surface area contributed by atoms with Crippen LogP contribution in [0.4, 0.5) is 18.9 Å². The highest BCUT2D eigenvalue weighted by molar-refractivity contribution is 5.92. The van der Waals surface area contributed by atoms with Crippen LogP contribution in [0, 0.1) is 0 Å². The second-order valence-corrected chi connectivity index (χ2v) is 6.73. The van der Waals surface area contributed by atoms with Gasteiger partial charge in [-0.25, -0.2) is 15.0 Å². The summed E-state index contributed by atoms with van der Waals surface area (Å²) in [6.07, 6.45) is 1.70. The molecule has 7 nitrogen and oxygen atoms in total. The molecule has 162 valence electrons. The van der Waals surface area contributed by atoms with Gasteiger partial charge >= 0.3 is 6.18 Å². The van der Waals surface area contributed by atoms with Gasteiger partial charge in [-0.05, 0) is 35.9 Å². The van der Waals surface area contributed by atoms with Crippen LogP contribution in [0.3, 0.4) is 0 Å². The lowest BCUT2D eigenvalue weighted by molar-refractivity contribution is -0.137. The van der Waals surface area contributed by atoms with Crippen molar-refractivity contribution in [3.8, 4) is 17.4 Å². The van der Waals surface area contributed by atoms with Crippen molar-refractivity contribution in [1.82, 2.24) is 19.5 Å². The first-order valence-corrected chi connectivity index (χ1v) is 9.41. The monoisotopic (exact) mass is 439 g/mol. The van der Waals surface area contributed by atoms with Gasteiger partial charge in [0.1, 0.15) is 24.2 Å². The number of halogens is 3. The Bertz CT molecular complexity index is 1210. The molecule has 0 aliphatic carbocycles. The normalized spacial score (nSPS) is 11.2. The molecule has 4 rings (SSSR count). The molecule has 0 unspecified atom stereocenters. The van der Waals surface area contributed by atoms with Crippen molar-refractivity contribution in [3.05, 3.63) is 90.8 Å². The summed E-state index contributed by atoms with van der Waals surface area (Å²) in [7, 11) is 0. The molecule has 10 heteroatoms. The summed E-state index contributed by atoms with van der Waals surface area (Å²) in [5.41, 5.74) is -0.0314. The number of hydrogen-bond donors (Lipinski definition) is 1. The molecular weight excluding hydrogens is 423 g/mol. The van der Waals surface area contributed by atoms with Gasteiger partial charge in [0.25, 0.3) is 0 Å². The number of amides is 1. The number of nitrogens with one attached hydrogen (secondary N) is 1. The van der Waals surface area contributed by atoms with Gasteiger partial charge in [-0.2, -0.15) is 13.2 Å². The van der Waals surface area contributed by atoms with Gasteiger partial charge in [0.2, 0.25) is 11.8 Å². The quantitative estimate of drug-likeness (QED) is 0.473. The second kappa shape index (κ2) is 8.88. The van der Waals surface area contributed by atoms with Crippen LogP contribution in [0.5, 0.6) is 11.6 Å². The summed E-state index contributed by atoms with van der Waals surface area (Å²) in [4.78, 5) is 24.4. The number of rotatable bonds is 6. The van der Waals surface area contributed by atoms with Crippen LogP contribution in [0.25, 0.3) is 5.82 Å². The SMILES string of the molecule is O=C(Cc1cccc(C(F)(F)F)c1)Nc1ccc(Oc2cc(-n3ccnc3)ncn2)cc1. The maximum atomic E-state index is 12.8. The van der Waals surface area contributed by atoms with Crippen LogP contribution < -0.4 is 10.1 Å². The standard InChI is InChI=1S/C22H16F3N5O2/c23-22(24,25)16-3-1-2-15(10-16)11-20(31)29-17-4-6-18(7-5-17)32-21-12-19(27-13-28-21)30-9-8-26-14-30/h1-10,12-14H,11H2,(H,29,31). The third-order valence-corrected chi connectivity index (χ3v) is 4.38. The highest BCUT2D eigenvalue weighted by atomic mass is 19.4. The zero-order valence-corrected chi connectivity index (χ0v) is 16.5. The summed E-state index contributed by atoms with van der Waals surface area (Å²) in [5.74, 6) is 0.964. The lowest BCUT2D eigenvalue weighted by atomic mass is 10.1. The molecule has 0 atom stereocenters. The maximum absolute atomic E-state index is 12.8. The number of ether oxygens (including phenoxy) is 1. The Hall–Kier alpha value is -4.21. The van der Waals surface area contributed by atoms with E-state index in [1.807, 2.05) is 0 Å². The first-order chi connectivity index (χ1) is 15.4. The molecule has 2 heterocycles. The van der Waals surface area contributed by atoms with Crippen LogP contribution in [0.15, 0.2) is 79.6 Å². The third-order valence-electron chi connectivity index (χ3n) is 4.38. The van der Waals surface area contributed by atoms with Gasteiger partial charge in [0.05, 0.1) is 12.0 Å². The molecule has 0 saturated heterocycles. The summed E-state index contributed by atoms with van der Waals surface area (Å²) in [5, 5.41) is 2.66. The van der Waals surface area contributed by atoms with E-state index in [1.165, 1.54) is 18.5 Å². The number of aromatic nitrogens is 4. The molecular formula is C22H16F3N5O2. The Labute approximate surface area is 180 Å². The number of imidazole rings is 1. The van der Waals surface area contributed by atoms with Crippen LogP contribution in [-0.2, 0) is 17.4 Å². The molecule has 2 aromatic carbocycles. The van der Waals surface area contributed by atoms with E-state index in [-0.39, 0.29) is 12.0 Å². The molecule has 1 N–H and O–H groups in total. The van der Waals surface area contributed by atoms with Crippen LogP contribution in [0.1, 0.15) is 11.1 Å². The number of anilines is 1. The second-order valence-electron chi connectivity index (χ2n) is 6.73. The summed E-state index contributed by atoms with van der Waals surface area (Å²) >= 11 is 0. The largest absolute Gasteiger partial charge is 0.439 e. The molecule has 0 saturated carbocycles. The van der Waals surface area contributed by atoms with E-state index < -0.39 is 17.6 Å². The van der Waals surface area contributed by atoms with Gasteiger partial charge in [-0.1, -0.05) is 18.2 Å². The summed E-state index contributed by atoms with van der Waals surface area (Å²) in [6.45, 7) is 0. The summed E-state index contributed by atoms with van der Waals surface area (Å²) in [6, 6.07) is 12.9. The number of carbonyl (C=O) groups is 1. The van der Waals surface area contributed by atoms with Crippen LogP contribution in [0.2, 0.25) is 0 Å². The number of benzene rings is 2. The average Bonchev–Trinajstić information content (AvgIpc) is 3.30. The Morgan fingerprint density at radius 3 is 2.59 bits per heavy atom. The molecule has 0 aliphatic heterocycles. The van der Waals surface area contributed by atoms with E-state index >= 15 is 0 Å². The highest BCUT2D eigenvalue weighted by Gasteiger charge is 2.30. The smallest absolute Gasteiger partial charge is 0.416 e. The van der Waals surface area contributed by atoms with Crippen molar-refractivity contribution in [3.63, 3.8) is 0 Å². The molecule has 0 aliphatic rings. The van der Waals surface area contributed by atoms with Crippen molar-refractivity contribution in [2.75, 3.05) is 5.32 Å². The molecule has 0 spiro atoms. The van der Waals surface area contributed by atoms with E-state index in [4.69, 9.17) is 4.74 Å². The summed E-state index contributed by atoms with van der Waals surface area (Å²) < 4.78 is 45.9. The van der Waals surface area contributed by atoms with Crippen molar-refractivity contribution < 1.29 is 22.7 Å². The predicted molar refractivity (Wildman–Crippen MR) is 109 cm³/mol. The topological polar surface area (TPSA) is 81.9 Å². The van der Waals surface area contributed by atoms with Crippen LogP contribution >= 0.6 is 0 Å². The zero-order chi connectivity index (χ0) is 22.6. The fraction of sp³-hybridized carbons (Fsp3) is 0.0909. The first kappa shape index (κ1) is 21.0. The van der Waals surface area contributed by atoms with Crippen LogP contribution in [-0.4, -0.2) is 25.4 Å². The Morgan fingerprint density at radius 2 is 1.88 bits per heavy atom. The highest BCUT2D eigenvalue weighted by Crippen LogP contribution is 2.29. The molecule has 2 aromatic heterocycles. The number of alkyl halides is 3. The minimum atomic E-state index is -4.45. The third kappa shape index (κ3) is 5.28. The Kier molecular flexibility index (Phi) is 5.84. The Balaban J connectivity index is 1.37. The van der Waals surface area contributed by atoms with Crippen molar-refractivity contribution >= 4 is 11.6 Å². The van der Waals surface area contributed by atoms with E-state index in [0.29, 0.717) is 23.1 Å². The molecule has 0 bridgehead atoms. The molecule has 32 heavy (non-hydrogen) atoms. The zero-order valence-electron chi connectivity index (χ0n) is 16.5. The van der Waals surface area contributed by atoms with E-state index in [9.17, 15) is 18.0 Å². The number of hydrogen-bond acceptors (Lipinski definition) is 5. The van der Waals surface area contributed by atoms with E-state index in [1.54, 1.807) is 53.6 Å². The maximum Gasteiger partial charge on any atom is 0.416 e. The fourth-order valence-electron chi connectivity index (χ4n) is 2.90. The first-order valence-electron chi connectivity index (χ1n) is 9.41. The molecule has 0 fully saturated rings.